The summed E-state index contributed by atoms with van der Waals surface area (Å²) in [5, 5.41) is 9.85. The van der Waals surface area contributed by atoms with Gasteiger partial charge in [-0.2, -0.15) is 0 Å². The molecule has 0 bridgehead atoms. The standard InChI is InChI=1S/C6H9N3O/c7-3-4-5(8)1-2-9-6(4)10/h3,8H,1-2,7H2,(H,9,10)/b4-3+,8-5?. The molecule has 1 aliphatic rings. The Morgan fingerprint density at radius 1 is 1.70 bits per heavy atom. The number of hydrogen-bond donors (Lipinski definition) is 3. The lowest BCUT2D eigenvalue weighted by Gasteiger charge is -2.14. The van der Waals surface area contributed by atoms with Crippen LogP contribution in [-0.4, -0.2) is 18.2 Å². The monoisotopic (exact) mass is 139 g/mol. The summed E-state index contributed by atoms with van der Waals surface area (Å²) in [6.07, 6.45) is 1.76. The average Bonchev–Trinajstić information content (AvgIpc) is 1.88. The van der Waals surface area contributed by atoms with Gasteiger partial charge in [-0.1, -0.05) is 0 Å². The van der Waals surface area contributed by atoms with Crippen LogP contribution in [0, 0.1) is 5.41 Å². The van der Waals surface area contributed by atoms with Crippen molar-refractivity contribution < 1.29 is 4.79 Å². The molecule has 0 aliphatic carbocycles. The summed E-state index contributed by atoms with van der Waals surface area (Å²) in [7, 11) is 0. The summed E-state index contributed by atoms with van der Waals surface area (Å²) in [6.45, 7) is 0.551. The highest BCUT2D eigenvalue weighted by Gasteiger charge is 2.18. The highest BCUT2D eigenvalue weighted by molar-refractivity contribution is 6.21. The molecule has 1 heterocycles. The number of nitrogens with one attached hydrogen (secondary N) is 2. The third-order valence-corrected chi connectivity index (χ3v) is 1.40. The van der Waals surface area contributed by atoms with Gasteiger partial charge in [0.15, 0.2) is 0 Å². The van der Waals surface area contributed by atoms with E-state index in [0.29, 0.717) is 24.3 Å². The third kappa shape index (κ3) is 1.00. The van der Waals surface area contributed by atoms with Gasteiger partial charge in [0.2, 0.25) is 0 Å². The smallest absolute Gasteiger partial charge is 0.254 e. The Labute approximate surface area is 58.6 Å². The summed E-state index contributed by atoms with van der Waals surface area (Å²) in [5.41, 5.74) is 5.74. The van der Waals surface area contributed by atoms with E-state index in [2.05, 4.69) is 5.32 Å². The fourth-order valence-corrected chi connectivity index (χ4v) is 0.844. The van der Waals surface area contributed by atoms with E-state index in [4.69, 9.17) is 11.1 Å². The first kappa shape index (κ1) is 6.80. The quantitative estimate of drug-likeness (QED) is 0.390. The van der Waals surface area contributed by atoms with E-state index >= 15 is 0 Å². The highest BCUT2D eigenvalue weighted by Crippen LogP contribution is 2.03. The SMILES string of the molecule is N=C1CCNC(=O)/C1=C/N. The molecular formula is C6H9N3O. The molecule has 0 atom stereocenters. The lowest BCUT2D eigenvalue weighted by Crippen LogP contribution is -2.36. The van der Waals surface area contributed by atoms with Gasteiger partial charge in [-0.15, -0.1) is 0 Å². The van der Waals surface area contributed by atoms with Crippen molar-refractivity contribution in [2.75, 3.05) is 6.54 Å². The number of nitrogens with two attached hydrogens (primary N) is 1. The van der Waals surface area contributed by atoms with Crippen LogP contribution in [0.5, 0.6) is 0 Å². The second-order valence-electron chi connectivity index (χ2n) is 2.06. The van der Waals surface area contributed by atoms with Crippen LogP contribution < -0.4 is 11.1 Å². The summed E-state index contributed by atoms with van der Waals surface area (Å²) >= 11 is 0. The zero-order chi connectivity index (χ0) is 7.56. The Kier molecular flexibility index (Phi) is 1.71. The molecule has 0 radical (unpaired) electrons. The molecule has 10 heavy (non-hydrogen) atoms. The van der Waals surface area contributed by atoms with Crippen molar-refractivity contribution in [1.82, 2.24) is 5.32 Å². The molecule has 0 saturated carbocycles. The molecule has 0 unspecified atom stereocenters. The number of carbonyl (C=O) groups excluding carboxylic acids is 1. The summed E-state index contributed by atoms with van der Waals surface area (Å²) in [6, 6.07) is 0. The molecule has 1 amide bonds. The second-order valence-corrected chi connectivity index (χ2v) is 2.06. The first-order chi connectivity index (χ1) is 4.75. The number of rotatable bonds is 0. The van der Waals surface area contributed by atoms with Gasteiger partial charge in [-0.25, -0.2) is 0 Å². The van der Waals surface area contributed by atoms with Gasteiger partial charge in [0.05, 0.1) is 5.57 Å². The molecular weight excluding hydrogens is 130 g/mol. The molecule has 0 aromatic carbocycles. The number of hydrogen-bond acceptors (Lipinski definition) is 3. The van der Waals surface area contributed by atoms with Crippen LogP contribution in [-0.2, 0) is 4.79 Å². The average molecular weight is 139 g/mol. The van der Waals surface area contributed by atoms with Crippen molar-refractivity contribution in [3.05, 3.63) is 11.8 Å². The van der Waals surface area contributed by atoms with Crippen molar-refractivity contribution in [1.29, 1.82) is 5.41 Å². The van der Waals surface area contributed by atoms with Crippen molar-refractivity contribution in [2.24, 2.45) is 5.73 Å². The normalized spacial score (nSPS) is 23.0. The molecule has 1 aliphatic heterocycles. The third-order valence-electron chi connectivity index (χ3n) is 1.40. The van der Waals surface area contributed by atoms with Gasteiger partial charge in [-0.3, -0.25) is 4.79 Å². The molecule has 4 nitrogen and oxygen atoms in total. The largest absolute Gasteiger partial charge is 0.404 e. The van der Waals surface area contributed by atoms with E-state index in [1.54, 1.807) is 0 Å². The zero-order valence-corrected chi connectivity index (χ0v) is 5.48. The van der Waals surface area contributed by atoms with Crippen LogP contribution in [0.15, 0.2) is 11.8 Å². The molecule has 0 aromatic heterocycles. The molecule has 4 heteroatoms. The number of carbonyl (C=O) groups is 1. The van der Waals surface area contributed by atoms with Gasteiger partial charge in [0.25, 0.3) is 5.91 Å². The predicted octanol–water partition coefficient (Wildman–Crippen LogP) is -0.631. The van der Waals surface area contributed by atoms with Gasteiger partial charge >= 0.3 is 0 Å². The topological polar surface area (TPSA) is 79.0 Å². The van der Waals surface area contributed by atoms with Gasteiger partial charge in [-0.05, 0) is 0 Å². The van der Waals surface area contributed by atoms with Crippen LogP contribution in [0.1, 0.15) is 6.42 Å². The Balaban J connectivity index is 2.83. The fourth-order valence-electron chi connectivity index (χ4n) is 0.844. The lowest BCUT2D eigenvalue weighted by atomic mass is 10.0. The molecule has 1 rings (SSSR count). The number of amides is 1. The van der Waals surface area contributed by atoms with Gasteiger partial charge < -0.3 is 16.5 Å². The Hall–Kier alpha value is -1.32. The maximum atomic E-state index is 10.8. The second kappa shape index (κ2) is 2.51. The summed E-state index contributed by atoms with van der Waals surface area (Å²) in [5.74, 6) is -0.237. The van der Waals surface area contributed by atoms with Gasteiger partial charge in [0, 0.05) is 24.9 Å². The maximum absolute atomic E-state index is 10.8. The summed E-state index contributed by atoms with van der Waals surface area (Å²) < 4.78 is 0. The van der Waals surface area contributed by atoms with E-state index in [-0.39, 0.29) is 5.91 Å². The van der Waals surface area contributed by atoms with Crippen LogP contribution in [0.3, 0.4) is 0 Å². The van der Waals surface area contributed by atoms with Crippen molar-refractivity contribution in [3.63, 3.8) is 0 Å². The van der Waals surface area contributed by atoms with Crippen molar-refractivity contribution >= 4 is 11.6 Å². The minimum Gasteiger partial charge on any atom is -0.404 e. The molecule has 4 N–H and O–H groups in total. The zero-order valence-electron chi connectivity index (χ0n) is 5.48. The van der Waals surface area contributed by atoms with Crippen LogP contribution >= 0.6 is 0 Å². The van der Waals surface area contributed by atoms with E-state index in [9.17, 15) is 4.79 Å². The van der Waals surface area contributed by atoms with E-state index in [1.807, 2.05) is 0 Å². The summed E-state index contributed by atoms with van der Waals surface area (Å²) in [4.78, 5) is 10.8. The first-order valence-corrected chi connectivity index (χ1v) is 3.03. The van der Waals surface area contributed by atoms with Gasteiger partial charge in [0.1, 0.15) is 0 Å². The fraction of sp³-hybridized carbons (Fsp3) is 0.333. The first-order valence-electron chi connectivity index (χ1n) is 3.03. The minimum absolute atomic E-state index is 0.237. The van der Waals surface area contributed by atoms with Crippen LogP contribution in [0.25, 0.3) is 0 Å². The van der Waals surface area contributed by atoms with E-state index < -0.39 is 0 Å². The van der Waals surface area contributed by atoms with E-state index in [1.165, 1.54) is 6.20 Å². The van der Waals surface area contributed by atoms with Crippen LogP contribution in [0.4, 0.5) is 0 Å². The molecule has 54 valence electrons. The lowest BCUT2D eigenvalue weighted by molar-refractivity contribution is -0.117. The van der Waals surface area contributed by atoms with Crippen molar-refractivity contribution in [2.45, 2.75) is 6.42 Å². The molecule has 0 spiro atoms. The number of piperidine rings is 1. The van der Waals surface area contributed by atoms with Crippen molar-refractivity contribution in [3.8, 4) is 0 Å². The Morgan fingerprint density at radius 2 is 2.40 bits per heavy atom. The molecule has 1 fully saturated rings. The van der Waals surface area contributed by atoms with E-state index in [0.717, 1.165) is 0 Å². The highest BCUT2D eigenvalue weighted by atomic mass is 16.1. The van der Waals surface area contributed by atoms with Crippen LogP contribution in [0.2, 0.25) is 0 Å². The molecule has 1 saturated heterocycles. The minimum atomic E-state index is -0.237. The maximum Gasteiger partial charge on any atom is 0.254 e. The Morgan fingerprint density at radius 3 is 2.80 bits per heavy atom. The predicted molar refractivity (Wildman–Crippen MR) is 37.6 cm³/mol. The Bertz CT molecular complexity index is 189. The molecule has 0 aromatic rings.